The fourth-order valence-corrected chi connectivity index (χ4v) is 4.78. The second-order valence-electron chi connectivity index (χ2n) is 8.19. The van der Waals surface area contributed by atoms with Gasteiger partial charge in [0.05, 0.1) is 16.9 Å². The van der Waals surface area contributed by atoms with Gasteiger partial charge in [-0.15, -0.1) is 0 Å². The minimum Gasteiger partial charge on any atom is -0.291 e. The zero-order chi connectivity index (χ0) is 20.4. The molecule has 5 rings (SSSR count). The first-order valence-electron chi connectivity index (χ1n) is 9.94. The van der Waals surface area contributed by atoms with Crippen LogP contribution in [0.5, 0.6) is 0 Å². The summed E-state index contributed by atoms with van der Waals surface area (Å²) < 4.78 is 16.5. The monoisotopic (exact) mass is 382 g/mol. The lowest BCUT2D eigenvalue weighted by molar-refractivity contribution is 0.629. The van der Waals surface area contributed by atoms with Crippen LogP contribution < -0.4 is 0 Å². The van der Waals surface area contributed by atoms with Crippen LogP contribution in [0.2, 0.25) is 0 Å². The summed E-state index contributed by atoms with van der Waals surface area (Å²) in [6, 6.07) is 15.9. The molecule has 0 radical (unpaired) electrons. The third kappa shape index (κ3) is 2.57. The Morgan fingerprint density at radius 2 is 1.41 bits per heavy atom. The molecule has 0 amide bonds. The summed E-state index contributed by atoms with van der Waals surface area (Å²) in [5.74, 6) is -0.236. The second kappa shape index (κ2) is 6.15. The summed E-state index contributed by atoms with van der Waals surface area (Å²) in [4.78, 5) is 4.97. The van der Waals surface area contributed by atoms with Crippen LogP contribution in [-0.2, 0) is 0 Å². The third-order valence-electron chi connectivity index (χ3n) is 5.87. The molecular formula is C26H23FN2. The fraction of sp³-hybridized carbons (Fsp3) is 0.192. The number of aromatic nitrogens is 2. The van der Waals surface area contributed by atoms with E-state index in [4.69, 9.17) is 4.98 Å². The number of halogens is 1. The van der Waals surface area contributed by atoms with E-state index in [0.29, 0.717) is 0 Å². The highest BCUT2D eigenvalue weighted by Gasteiger charge is 2.20. The molecule has 5 aromatic rings. The number of fused-ring (bicyclic) bond motifs is 6. The van der Waals surface area contributed by atoms with Crippen LogP contribution >= 0.6 is 0 Å². The van der Waals surface area contributed by atoms with Crippen LogP contribution in [0, 0.1) is 40.4 Å². The molecule has 29 heavy (non-hydrogen) atoms. The SMILES string of the molecule is Cc1cc(C)c(-c2c(C)nc3c4ccc(C)cc4c4ccc(F)cc4n23)c(C)c1. The van der Waals surface area contributed by atoms with Crippen LogP contribution in [0.25, 0.3) is 38.6 Å². The molecule has 0 fully saturated rings. The quantitative estimate of drug-likeness (QED) is 0.286. The summed E-state index contributed by atoms with van der Waals surface area (Å²) in [6.07, 6.45) is 0. The molecule has 2 nitrogen and oxygen atoms in total. The summed E-state index contributed by atoms with van der Waals surface area (Å²) in [5, 5.41) is 3.24. The van der Waals surface area contributed by atoms with Crippen molar-refractivity contribution >= 4 is 27.3 Å². The Kier molecular flexibility index (Phi) is 3.79. The molecule has 0 unspecified atom stereocenters. The van der Waals surface area contributed by atoms with E-state index in [0.717, 1.165) is 38.7 Å². The molecule has 0 aliphatic rings. The predicted molar refractivity (Wildman–Crippen MR) is 119 cm³/mol. The smallest absolute Gasteiger partial charge is 0.145 e. The zero-order valence-electron chi connectivity index (χ0n) is 17.4. The van der Waals surface area contributed by atoms with Crippen molar-refractivity contribution in [3.8, 4) is 11.3 Å². The molecule has 0 aliphatic carbocycles. The second-order valence-corrected chi connectivity index (χ2v) is 8.19. The molecule has 0 saturated heterocycles. The minimum atomic E-state index is -0.236. The highest BCUT2D eigenvalue weighted by Crippen LogP contribution is 2.38. The van der Waals surface area contributed by atoms with Gasteiger partial charge in [-0.25, -0.2) is 9.37 Å². The number of pyridine rings is 1. The van der Waals surface area contributed by atoms with Gasteiger partial charge in [0.1, 0.15) is 11.5 Å². The Bertz CT molecular complexity index is 1430. The Morgan fingerprint density at radius 1 is 0.724 bits per heavy atom. The van der Waals surface area contributed by atoms with Crippen molar-refractivity contribution in [2.75, 3.05) is 0 Å². The Hall–Kier alpha value is -3.20. The van der Waals surface area contributed by atoms with Crippen molar-refractivity contribution in [2.45, 2.75) is 34.6 Å². The average Bonchev–Trinajstić information content (AvgIpc) is 2.98. The molecule has 3 heteroatoms. The van der Waals surface area contributed by atoms with Crippen molar-refractivity contribution in [3.63, 3.8) is 0 Å². The van der Waals surface area contributed by atoms with Crippen LogP contribution in [-0.4, -0.2) is 9.38 Å². The highest BCUT2D eigenvalue weighted by atomic mass is 19.1. The molecule has 144 valence electrons. The Labute approximate surface area is 169 Å². The van der Waals surface area contributed by atoms with Gasteiger partial charge in [0.2, 0.25) is 0 Å². The van der Waals surface area contributed by atoms with Gasteiger partial charge < -0.3 is 0 Å². The Balaban J connectivity index is 2.07. The van der Waals surface area contributed by atoms with Gasteiger partial charge in [-0.2, -0.15) is 0 Å². The summed E-state index contributed by atoms with van der Waals surface area (Å²) >= 11 is 0. The van der Waals surface area contributed by atoms with Crippen LogP contribution in [0.1, 0.15) is 27.9 Å². The number of benzene rings is 3. The third-order valence-corrected chi connectivity index (χ3v) is 5.87. The fourth-order valence-electron chi connectivity index (χ4n) is 4.78. The van der Waals surface area contributed by atoms with Gasteiger partial charge in [-0.05, 0) is 69.3 Å². The first kappa shape index (κ1) is 17.9. The summed E-state index contributed by atoms with van der Waals surface area (Å²) in [6.45, 7) is 10.5. The van der Waals surface area contributed by atoms with Crippen molar-refractivity contribution in [1.82, 2.24) is 9.38 Å². The van der Waals surface area contributed by atoms with Crippen molar-refractivity contribution in [2.24, 2.45) is 0 Å². The lowest BCUT2D eigenvalue weighted by atomic mass is 9.96. The van der Waals surface area contributed by atoms with E-state index in [2.05, 4.69) is 62.4 Å². The molecule has 0 N–H and O–H groups in total. The van der Waals surface area contributed by atoms with Crippen LogP contribution in [0.4, 0.5) is 4.39 Å². The average molecular weight is 382 g/mol. The molecule has 2 aromatic heterocycles. The number of hydrogen-bond acceptors (Lipinski definition) is 1. The first-order valence-corrected chi connectivity index (χ1v) is 9.94. The summed E-state index contributed by atoms with van der Waals surface area (Å²) in [5.41, 5.74) is 9.76. The highest BCUT2D eigenvalue weighted by molar-refractivity contribution is 6.12. The van der Waals surface area contributed by atoms with Gasteiger partial charge in [-0.3, -0.25) is 4.40 Å². The van der Waals surface area contributed by atoms with Crippen LogP contribution in [0.3, 0.4) is 0 Å². The molecule has 2 heterocycles. The molecule has 0 aliphatic heterocycles. The van der Waals surface area contributed by atoms with E-state index >= 15 is 0 Å². The van der Waals surface area contributed by atoms with E-state index in [1.807, 2.05) is 13.0 Å². The number of rotatable bonds is 1. The maximum atomic E-state index is 14.4. The normalized spacial score (nSPS) is 11.8. The number of imidazole rings is 1. The number of nitrogens with zero attached hydrogens (tertiary/aromatic N) is 2. The van der Waals surface area contributed by atoms with E-state index in [1.54, 1.807) is 12.1 Å². The van der Waals surface area contributed by atoms with Crippen LogP contribution in [0.15, 0.2) is 48.5 Å². The van der Waals surface area contributed by atoms with Crippen molar-refractivity contribution in [1.29, 1.82) is 0 Å². The topological polar surface area (TPSA) is 17.3 Å². The van der Waals surface area contributed by atoms with Gasteiger partial charge in [-0.1, -0.05) is 41.5 Å². The van der Waals surface area contributed by atoms with Gasteiger partial charge in [0, 0.05) is 16.3 Å². The number of hydrogen-bond donors (Lipinski definition) is 0. The number of aryl methyl sites for hydroxylation is 5. The lowest BCUT2D eigenvalue weighted by Gasteiger charge is -2.15. The van der Waals surface area contributed by atoms with E-state index in [-0.39, 0.29) is 5.82 Å². The predicted octanol–water partition coefficient (Wildman–Crippen LogP) is 6.99. The first-order chi connectivity index (χ1) is 13.8. The Morgan fingerprint density at radius 3 is 2.14 bits per heavy atom. The largest absolute Gasteiger partial charge is 0.291 e. The van der Waals surface area contributed by atoms with Crippen molar-refractivity contribution in [3.05, 3.63) is 82.3 Å². The molecular weight excluding hydrogens is 359 g/mol. The van der Waals surface area contributed by atoms with E-state index in [1.165, 1.54) is 27.8 Å². The molecule has 3 aromatic carbocycles. The molecule has 0 saturated carbocycles. The van der Waals surface area contributed by atoms with Gasteiger partial charge in [0.25, 0.3) is 0 Å². The molecule has 0 spiro atoms. The standard InChI is InChI=1S/C26H23FN2/c1-14-6-8-21-22(12-14)20-9-7-19(27)13-23(20)29-25(18(5)28-26(21)29)24-16(3)10-15(2)11-17(24)4/h6-13H,1-5H3. The molecule has 0 bridgehead atoms. The summed E-state index contributed by atoms with van der Waals surface area (Å²) in [7, 11) is 0. The lowest BCUT2D eigenvalue weighted by Crippen LogP contribution is -1.98. The zero-order valence-corrected chi connectivity index (χ0v) is 17.4. The van der Waals surface area contributed by atoms with Crippen molar-refractivity contribution < 1.29 is 4.39 Å². The molecule has 0 atom stereocenters. The van der Waals surface area contributed by atoms with Gasteiger partial charge in [0.15, 0.2) is 0 Å². The van der Waals surface area contributed by atoms with E-state index < -0.39 is 0 Å². The maximum absolute atomic E-state index is 14.4. The maximum Gasteiger partial charge on any atom is 0.145 e. The van der Waals surface area contributed by atoms with Gasteiger partial charge >= 0.3 is 0 Å². The minimum absolute atomic E-state index is 0.236. The van der Waals surface area contributed by atoms with E-state index in [9.17, 15) is 4.39 Å².